The molecule has 1 N–H and O–H groups in total. The molecule has 21 heavy (non-hydrogen) atoms. The second kappa shape index (κ2) is 3.89. The van der Waals surface area contributed by atoms with E-state index in [9.17, 15) is 14.7 Å². The Bertz CT molecular complexity index is 902. The van der Waals surface area contributed by atoms with Gasteiger partial charge in [0.05, 0.1) is 11.1 Å². The van der Waals surface area contributed by atoms with E-state index in [-0.39, 0.29) is 11.3 Å². The topological polar surface area (TPSA) is 88.3 Å². The van der Waals surface area contributed by atoms with Crippen LogP contribution in [0.3, 0.4) is 0 Å². The molecule has 0 aliphatic carbocycles. The average Bonchev–Trinajstić information content (AvgIpc) is 2.98. The van der Waals surface area contributed by atoms with Gasteiger partial charge in [0, 0.05) is 5.39 Å². The molecule has 0 radical (unpaired) electrons. The number of phenols is 1. The fraction of sp³-hybridized carbons (Fsp3) is 0. The number of imide groups is 1. The lowest BCUT2D eigenvalue weighted by molar-refractivity contribution is 0.0851. The summed E-state index contributed by atoms with van der Waals surface area (Å²) in [6, 6.07) is 7.99. The molecule has 0 saturated carbocycles. The number of hydrogen-bond acceptors (Lipinski definition) is 5. The van der Waals surface area contributed by atoms with E-state index in [1.807, 2.05) is 0 Å². The molecule has 1 aliphatic rings. The molecule has 2 heterocycles. The summed E-state index contributed by atoms with van der Waals surface area (Å²) >= 11 is 0. The van der Waals surface area contributed by atoms with E-state index in [4.69, 9.17) is 0 Å². The second-order valence-electron chi connectivity index (χ2n) is 4.66. The summed E-state index contributed by atoms with van der Waals surface area (Å²) in [7, 11) is 0. The Labute approximate surface area is 118 Å². The molecular formula is C14H8N4O3. The van der Waals surface area contributed by atoms with Crippen LogP contribution in [0.5, 0.6) is 5.75 Å². The minimum Gasteiger partial charge on any atom is -0.508 e. The highest BCUT2D eigenvalue weighted by atomic mass is 16.3. The smallest absolute Gasteiger partial charge is 0.281 e. The Kier molecular flexibility index (Phi) is 2.15. The van der Waals surface area contributed by atoms with Gasteiger partial charge in [-0.15, -0.1) is 10.2 Å². The zero-order valence-corrected chi connectivity index (χ0v) is 10.6. The van der Waals surface area contributed by atoms with Crippen LogP contribution in [0.15, 0.2) is 43.0 Å². The van der Waals surface area contributed by atoms with Crippen molar-refractivity contribution in [1.82, 2.24) is 14.9 Å². The monoisotopic (exact) mass is 280 g/mol. The van der Waals surface area contributed by atoms with Crippen LogP contribution < -0.4 is 5.01 Å². The maximum absolute atomic E-state index is 12.6. The van der Waals surface area contributed by atoms with E-state index < -0.39 is 11.8 Å². The van der Waals surface area contributed by atoms with Crippen molar-refractivity contribution in [3.63, 3.8) is 0 Å². The Morgan fingerprint density at radius 3 is 2.43 bits per heavy atom. The summed E-state index contributed by atoms with van der Waals surface area (Å²) in [5.41, 5.74) is 0.671. The van der Waals surface area contributed by atoms with Crippen molar-refractivity contribution in [2.45, 2.75) is 0 Å². The first kappa shape index (κ1) is 11.6. The quantitative estimate of drug-likeness (QED) is 0.673. The molecule has 0 bridgehead atoms. The summed E-state index contributed by atoms with van der Waals surface area (Å²) in [4.78, 5) is 25.1. The number of hydrogen-bond donors (Lipinski definition) is 1. The summed E-state index contributed by atoms with van der Waals surface area (Å²) in [5.74, 6) is -1.01. The number of amides is 2. The molecule has 0 fully saturated rings. The molecule has 1 aliphatic heterocycles. The van der Waals surface area contributed by atoms with Crippen molar-refractivity contribution in [3.8, 4) is 5.75 Å². The number of nitrogens with zero attached hydrogens (tertiary/aromatic N) is 4. The summed E-state index contributed by atoms with van der Waals surface area (Å²) in [6.45, 7) is 0. The number of benzene rings is 2. The average molecular weight is 280 g/mol. The fourth-order valence-electron chi connectivity index (χ4n) is 2.59. The van der Waals surface area contributed by atoms with Crippen molar-refractivity contribution >= 4 is 22.6 Å². The second-order valence-corrected chi connectivity index (χ2v) is 4.66. The lowest BCUT2D eigenvalue weighted by Crippen LogP contribution is -2.47. The first-order valence-corrected chi connectivity index (χ1v) is 6.16. The van der Waals surface area contributed by atoms with E-state index in [2.05, 4.69) is 10.2 Å². The largest absolute Gasteiger partial charge is 0.508 e. The SMILES string of the molecule is O=C1c2cccc3cc(O)cc(c23)C(=O)N1n1cnnc1. The predicted octanol–water partition coefficient (Wildman–Crippen LogP) is 1.07. The number of carbonyl (C=O) groups is 2. The standard InChI is InChI=1S/C14H8N4O3/c19-9-4-8-2-1-3-10-12(8)11(5-9)14(21)18(13(10)20)17-6-15-16-7-17/h1-7,19H. The zero-order chi connectivity index (χ0) is 14.6. The molecule has 102 valence electrons. The van der Waals surface area contributed by atoms with Crippen LogP contribution in [-0.4, -0.2) is 31.8 Å². The van der Waals surface area contributed by atoms with E-state index in [0.717, 1.165) is 5.01 Å². The van der Waals surface area contributed by atoms with Gasteiger partial charge in [0.15, 0.2) is 0 Å². The van der Waals surface area contributed by atoms with Crippen molar-refractivity contribution < 1.29 is 14.7 Å². The van der Waals surface area contributed by atoms with Crippen LogP contribution in [0, 0.1) is 0 Å². The molecule has 0 spiro atoms. The van der Waals surface area contributed by atoms with Gasteiger partial charge in [-0.05, 0) is 23.6 Å². The first-order chi connectivity index (χ1) is 10.2. The number of rotatable bonds is 1. The van der Waals surface area contributed by atoms with Gasteiger partial charge < -0.3 is 5.11 Å². The lowest BCUT2D eigenvalue weighted by Gasteiger charge is -2.26. The third-order valence-corrected chi connectivity index (χ3v) is 3.44. The molecule has 1 aromatic heterocycles. The van der Waals surface area contributed by atoms with Crippen LogP contribution in [0.2, 0.25) is 0 Å². The zero-order valence-electron chi connectivity index (χ0n) is 10.6. The molecule has 2 aromatic carbocycles. The van der Waals surface area contributed by atoms with Gasteiger partial charge in [-0.25, -0.2) is 4.68 Å². The van der Waals surface area contributed by atoms with Gasteiger partial charge in [0.2, 0.25) is 0 Å². The molecule has 0 unspecified atom stereocenters. The summed E-state index contributed by atoms with van der Waals surface area (Å²) in [6.07, 6.45) is 2.54. The maximum atomic E-state index is 12.6. The number of aromatic hydroxyl groups is 1. The van der Waals surface area contributed by atoms with Gasteiger partial charge in [-0.1, -0.05) is 12.1 Å². The van der Waals surface area contributed by atoms with Crippen molar-refractivity contribution in [1.29, 1.82) is 0 Å². The van der Waals surface area contributed by atoms with Gasteiger partial charge in [0.1, 0.15) is 18.4 Å². The van der Waals surface area contributed by atoms with Crippen molar-refractivity contribution in [2.75, 3.05) is 5.01 Å². The predicted molar refractivity (Wildman–Crippen MR) is 72.5 cm³/mol. The summed E-state index contributed by atoms with van der Waals surface area (Å²) < 4.78 is 1.22. The Hall–Kier alpha value is -3.22. The number of phenolic OH excluding ortho intramolecular Hbond substituents is 1. The first-order valence-electron chi connectivity index (χ1n) is 6.16. The lowest BCUT2D eigenvalue weighted by atomic mass is 9.94. The van der Waals surface area contributed by atoms with E-state index in [1.54, 1.807) is 18.2 Å². The molecule has 0 saturated heterocycles. The molecule has 2 amide bonds. The Balaban J connectivity index is 2.07. The van der Waals surface area contributed by atoms with Crippen LogP contribution >= 0.6 is 0 Å². The van der Waals surface area contributed by atoms with Gasteiger partial charge in [-0.3, -0.25) is 9.59 Å². The van der Waals surface area contributed by atoms with Crippen LogP contribution in [-0.2, 0) is 0 Å². The molecule has 7 nitrogen and oxygen atoms in total. The molecular weight excluding hydrogens is 272 g/mol. The van der Waals surface area contributed by atoms with E-state index >= 15 is 0 Å². The number of aromatic nitrogens is 3. The highest BCUT2D eigenvalue weighted by molar-refractivity contribution is 6.32. The Morgan fingerprint density at radius 2 is 1.67 bits per heavy atom. The van der Waals surface area contributed by atoms with E-state index in [0.29, 0.717) is 16.3 Å². The Morgan fingerprint density at radius 1 is 0.952 bits per heavy atom. The normalized spacial score (nSPS) is 14.0. The third-order valence-electron chi connectivity index (χ3n) is 3.44. The van der Waals surface area contributed by atoms with E-state index in [1.165, 1.54) is 29.5 Å². The molecule has 7 heteroatoms. The van der Waals surface area contributed by atoms with Crippen LogP contribution in [0.25, 0.3) is 10.8 Å². The van der Waals surface area contributed by atoms with Crippen LogP contribution in [0.1, 0.15) is 20.7 Å². The highest BCUT2D eigenvalue weighted by Crippen LogP contribution is 2.32. The third kappa shape index (κ3) is 1.48. The highest BCUT2D eigenvalue weighted by Gasteiger charge is 2.34. The fourth-order valence-corrected chi connectivity index (χ4v) is 2.59. The van der Waals surface area contributed by atoms with Crippen molar-refractivity contribution in [3.05, 3.63) is 54.1 Å². The van der Waals surface area contributed by atoms with Crippen LogP contribution in [0.4, 0.5) is 0 Å². The minimum absolute atomic E-state index is 0.0268. The minimum atomic E-state index is -0.528. The molecule has 0 atom stereocenters. The summed E-state index contributed by atoms with van der Waals surface area (Å²) in [5, 5.41) is 19.1. The number of carbonyl (C=O) groups excluding carboxylic acids is 2. The van der Waals surface area contributed by atoms with Gasteiger partial charge in [0.25, 0.3) is 11.8 Å². The molecule has 4 rings (SSSR count). The maximum Gasteiger partial charge on any atom is 0.281 e. The van der Waals surface area contributed by atoms with Gasteiger partial charge in [-0.2, -0.15) is 5.01 Å². The van der Waals surface area contributed by atoms with Crippen molar-refractivity contribution in [2.24, 2.45) is 0 Å². The van der Waals surface area contributed by atoms with Gasteiger partial charge >= 0.3 is 0 Å². The molecule has 3 aromatic rings.